The zero-order valence-electron chi connectivity index (χ0n) is 7.31. The summed E-state index contributed by atoms with van der Waals surface area (Å²) in [6.07, 6.45) is 0. The third kappa shape index (κ3) is 3.38. The average molecular weight is 253 g/mol. The van der Waals surface area contributed by atoms with Crippen molar-refractivity contribution in [3.8, 4) is 0 Å². The number of nitrogens with two attached hydrogens (primary N) is 1. The van der Waals surface area contributed by atoms with Crippen LogP contribution in [0.4, 0.5) is 0 Å². The second-order valence-corrected chi connectivity index (χ2v) is 5.61. The van der Waals surface area contributed by atoms with E-state index in [1.807, 2.05) is 0 Å². The largest absolute Gasteiger partial charge is 0.405 e. The summed E-state index contributed by atoms with van der Waals surface area (Å²) < 4.78 is 48.8. The Labute approximate surface area is 86.3 Å². The number of benzene rings is 1. The molecular weight excluding hydrogens is 245 g/mol. The van der Waals surface area contributed by atoms with E-state index in [-0.39, 0.29) is 5.30 Å². The van der Waals surface area contributed by atoms with Gasteiger partial charge in [-0.2, -0.15) is 12.4 Å². The minimum atomic E-state index is -4.91. The first kappa shape index (κ1) is 12.3. The average Bonchev–Trinajstić information content (AvgIpc) is 2.16. The van der Waals surface area contributed by atoms with Gasteiger partial charge in [-0.1, -0.05) is 18.2 Å². The van der Waals surface area contributed by atoms with Gasteiger partial charge in [-0.25, -0.2) is 10.5 Å². The van der Waals surface area contributed by atoms with Gasteiger partial charge >= 0.3 is 18.0 Å². The molecular formula is C6H8NO6PS. The SMILES string of the molecule is NOP(=O)(OS(=O)(=O)O)c1ccccc1. The van der Waals surface area contributed by atoms with Crippen LogP contribution < -0.4 is 11.2 Å². The van der Waals surface area contributed by atoms with E-state index in [0.29, 0.717) is 0 Å². The maximum Gasteiger partial charge on any atom is 0.405 e. The van der Waals surface area contributed by atoms with Crippen molar-refractivity contribution in [2.45, 2.75) is 0 Å². The molecule has 0 aliphatic rings. The van der Waals surface area contributed by atoms with Crippen LogP contribution in [-0.4, -0.2) is 13.0 Å². The van der Waals surface area contributed by atoms with Gasteiger partial charge in [0.2, 0.25) is 0 Å². The van der Waals surface area contributed by atoms with Crippen LogP contribution in [0.1, 0.15) is 0 Å². The topological polar surface area (TPSA) is 116 Å². The van der Waals surface area contributed by atoms with Gasteiger partial charge in [0.1, 0.15) is 0 Å². The van der Waals surface area contributed by atoms with Crippen molar-refractivity contribution in [3.63, 3.8) is 0 Å². The van der Waals surface area contributed by atoms with Gasteiger partial charge in [0.15, 0.2) is 0 Å². The van der Waals surface area contributed by atoms with Crippen LogP contribution in [0.15, 0.2) is 30.3 Å². The molecule has 3 N–H and O–H groups in total. The van der Waals surface area contributed by atoms with E-state index < -0.39 is 18.0 Å². The molecule has 0 radical (unpaired) electrons. The number of hydrogen-bond acceptors (Lipinski definition) is 6. The summed E-state index contributed by atoms with van der Waals surface area (Å²) in [5.41, 5.74) is 0. The van der Waals surface area contributed by atoms with Crippen molar-refractivity contribution in [2.24, 2.45) is 5.90 Å². The summed E-state index contributed by atoms with van der Waals surface area (Å²) in [6.45, 7) is 0. The van der Waals surface area contributed by atoms with Crippen LogP contribution in [0.5, 0.6) is 0 Å². The van der Waals surface area contributed by atoms with Crippen molar-refractivity contribution in [2.75, 3.05) is 0 Å². The molecule has 15 heavy (non-hydrogen) atoms. The molecule has 0 spiro atoms. The predicted molar refractivity (Wildman–Crippen MR) is 51.6 cm³/mol. The first-order valence-electron chi connectivity index (χ1n) is 3.60. The van der Waals surface area contributed by atoms with Crippen LogP contribution in [-0.2, 0) is 23.6 Å². The minimum Gasteiger partial charge on any atom is -0.263 e. The molecule has 84 valence electrons. The molecule has 0 aromatic heterocycles. The summed E-state index contributed by atoms with van der Waals surface area (Å²) in [5, 5.41) is -0.0786. The highest BCUT2D eigenvalue weighted by molar-refractivity contribution is 7.87. The lowest BCUT2D eigenvalue weighted by Gasteiger charge is -2.12. The smallest absolute Gasteiger partial charge is 0.263 e. The second kappa shape index (κ2) is 4.40. The van der Waals surface area contributed by atoms with E-state index >= 15 is 0 Å². The fourth-order valence-electron chi connectivity index (χ4n) is 0.856. The minimum absolute atomic E-state index is 0.0786. The zero-order chi connectivity index (χ0) is 11.5. The fraction of sp³-hybridized carbons (Fsp3) is 0. The molecule has 1 aromatic carbocycles. The Bertz CT molecular complexity index is 472. The van der Waals surface area contributed by atoms with Crippen LogP contribution >= 0.6 is 7.60 Å². The van der Waals surface area contributed by atoms with Crippen molar-refractivity contribution < 1.29 is 26.1 Å². The lowest BCUT2D eigenvalue weighted by molar-refractivity contribution is 0.272. The van der Waals surface area contributed by atoms with Crippen LogP contribution in [0.25, 0.3) is 0 Å². The van der Waals surface area contributed by atoms with Gasteiger partial charge in [-0.05, 0) is 12.1 Å². The van der Waals surface area contributed by atoms with Crippen LogP contribution in [0.3, 0.4) is 0 Å². The molecule has 1 atom stereocenters. The Morgan fingerprint density at radius 3 is 2.20 bits per heavy atom. The third-order valence-corrected chi connectivity index (χ3v) is 4.15. The van der Waals surface area contributed by atoms with Crippen molar-refractivity contribution in [3.05, 3.63) is 30.3 Å². The molecule has 1 unspecified atom stereocenters. The molecule has 7 nitrogen and oxygen atoms in total. The molecule has 1 rings (SSSR count). The van der Waals surface area contributed by atoms with Crippen molar-refractivity contribution >= 4 is 23.3 Å². The van der Waals surface area contributed by atoms with E-state index in [1.165, 1.54) is 24.3 Å². The summed E-state index contributed by atoms with van der Waals surface area (Å²) in [7, 11) is -9.14. The molecule has 0 fully saturated rings. The standard InChI is InChI=1S/C6H8NO6PS/c7-12-14(8,13-15(9,10)11)6-4-2-1-3-5-6/h1-5H,7H2,(H,9,10,11). The lowest BCUT2D eigenvalue weighted by Crippen LogP contribution is -2.16. The molecule has 0 aliphatic carbocycles. The fourth-order valence-corrected chi connectivity index (χ4v) is 2.99. The van der Waals surface area contributed by atoms with Gasteiger partial charge in [0.25, 0.3) is 0 Å². The molecule has 0 heterocycles. The maximum atomic E-state index is 11.7. The van der Waals surface area contributed by atoms with Gasteiger partial charge in [-0.3, -0.25) is 9.12 Å². The van der Waals surface area contributed by atoms with E-state index in [4.69, 9.17) is 4.55 Å². The predicted octanol–water partition coefficient (Wildman–Crippen LogP) is 0.215. The Morgan fingerprint density at radius 2 is 1.80 bits per heavy atom. The van der Waals surface area contributed by atoms with E-state index in [1.54, 1.807) is 6.07 Å². The van der Waals surface area contributed by atoms with E-state index in [2.05, 4.69) is 14.5 Å². The maximum absolute atomic E-state index is 11.7. The molecule has 0 saturated heterocycles. The molecule has 1 aromatic rings. The monoisotopic (exact) mass is 253 g/mol. The third-order valence-electron chi connectivity index (χ3n) is 1.40. The Hall–Kier alpha value is -0.760. The number of rotatable bonds is 4. The molecule has 9 heteroatoms. The quantitative estimate of drug-likeness (QED) is 0.447. The van der Waals surface area contributed by atoms with Crippen molar-refractivity contribution in [1.82, 2.24) is 0 Å². The van der Waals surface area contributed by atoms with Gasteiger partial charge in [0.05, 0.1) is 5.30 Å². The second-order valence-electron chi connectivity index (χ2n) is 2.44. The van der Waals surface area contributed by atoms with Gasteiger partial charge < -0.3 is 0 Å². The highest BCUT2D eigenvalue weighted by Crippen LogP contribution is 2.46. The zero-order valence-corrected chi connectivity index (χ0v) is 9.02. The summed E-state index contributed by atoms with van der Waals surface area (Å²) >= 11 is 0. The highest BCUT2D eigenvalue weighted by Gasteiger charge is 2.32. The van der Waals surface area contributed by atoms with Crippen LogP contribution in [0, 0.1) is 0 Å². The summed E-state index contributed by atoms with van der Waals surface area (Å²) in [4.78, 5) is 0. The normalized spacial score (nSPS) is 15.9. The number of hydrogen-bond donors (Lipinski definition) is 2. The molecule has 0 bridgehead atoms. The Kier molecular flexibility index (Phi) is 3.61. The van der Waals surface area contributed by atoms with E-state index in [9.17, 15) is 13.0 Å². The van der Waals surface area contributed by atoms with Crippen molar-refractivity contribution in [1.29, 1.82) is 0 Å². The molecule has 0 amide bonds. The van der Waals surface area contributed by atoms with Crippen LogP contribution in [0.2, 0.25) is 0 Å². The van der Waals surface area contributed by atoms with Gasteiger partial charge in [0, 0.05) is 0 Å². The van der Waals surface area contributed by atoms with E-state index in [0.717, 1.165) is 0 Å². The van der Waals surface area contributed by atoms with Gasteiger partial charge in [-0.15, -0.1) is 0 Å². The first-order valence-corrected chi connectivity index (χ1v) is 6.51. The highest BCUT2D eigenvalue weighted by atomic mass is 32.3. The molecule has 0 aliphatic heterocycles. The Morgan fingerprint density at radius 1 is 1.27 bits per heavy atom. The summed E-state index contributed by atoms with van der Waals surface area (Å²) in [5.74, 6) is 4.68. The lowest BCUT2D eigenvalue weighted by atomic mass is 10.4. The Balaban J connectivity index is 3.13. The first-order chi connectivity index (χ1) is 6.87. The summed E-state index contributed by atoms with van der Waals surface area (Å²) in [6, 6.07) is 7.15. The molecule has 0 saturated carbocycles.